The maximum absolute atomic E-state index is 12.5. The molecule has 0 aliphatic rings. The normalized spacial score (nSPS) is 11.5. The Bertz CT molecular complexity index is 638. The fourth-order valence-corrected chi connectivity index (χ4v) is 2.09. The van der Waals surface area contributed by atoms with Crippen LogP contribution in [0.3, 0.4) is 0 Å². The van der Waals surface area contributed by atoms with Gasteiger partial charge in [-0.2, -0.15) is 5.26 Å². The summed E-state index contributed by atoms with van der Waals surface area (Å²) < 4.78 is 0. The van der Waals surface area contributed by atoms with E-state index in [1.807, 2.05) is 24.3 Å². The molecular weight excluding hydrogens is 278 g/mol. The number of carbonyl (C=O) groups excluding carboxylic acids is 1. The second kappa shape index (κ2) is 7.91. The number of amides is 1. The van der Waals surface area contributed by atoms with Crippen LogP contribution in [0.4, 0.5) is 0 Å². The number of benzene rings is 1. The molecule has 1 amide bonds. The van der Waals surface area contributed by atoms with Crippen LogP contribution in [-0.2, 0) is 11.3 Å². The van der Waals surface area contributed by atoms with Crippen LogP contribution in [0, 0.1) is 11.3 Å². The quantitative estimate of drug-likeness (QED) is 0.885. The summed E-state index contributed by atoms with van der Waals surface area (Å²) in [6.45, 7) is 0.529. The van der Waals surface area contributed by atoms with Gasteiger partial charge in [0.25, 0.3) is 5.91 Å². The summed E-state index contributed by atoms with van der Waals surface area (Å²) in [7, 11) is 0. The van der Waals surface area contributed by atoms with Crippen LogP contribution >= 0.6 is 0 Å². The van der Waals surface area contributed by atoms with E-state index in [0.717, 1.165) is 0 Å². The van der Waals surface area contributed by atoms with Crippen LogP contribution in [0.2, 0.25) is 0 Å². The Morgan fingerprint density at radius 2 is 1.95 bits per heavy atom. The molecule has 5 heteroatoms. The molecule has 0 radical (unpaired) electrons. The summed E-state index contributed by atoms with van der Waals surface area (Å²) in [5, 5.41) is 19.0. The molecule has 0 bridgehead atoms. The van der Waals surface area contributed by atoms with Crippen LogP contribution in [-0.4, -0.2) is 27.4 Å². The number of aliphatic hydroxyl groups excluding tert-OH is 1. The highest BCUT2D eigenvalue weighted by Crippen LogP contribution is 2.17. The van der Waals surface area contributed by atoms with Gasteiger partial charge in [-0.05, 0) is 17.7 Å². The molecule has 112 valence electrons. The zero-order chi connectivity index (χ0) is 15.8. The summed E-state index contributed by atoms with van der Waals surface area (Å²) in [6.07, 6.45) is 0.624. The fourth-order valence-electron chi connectivity index (χ4n) is 2.09. The number of hydrogen-bond acceptors (Lipinski definition) is 4. The highest BCUT2D eigenvalue weighted by molar-refractivity contribution is 5.82. The van der Waals surface area contributed by atoms with Gasteiger partial charge >= 0.3 is 0 Å². The molecule has 0 aliphatic heterocycles. The lowest BCUT2D eigenvalue weighted by atomic mass is 10.1. The van der Waals surface area contributed by atoms with Gasteiger partial charge in [-0.3, -0.25) is 9.78 Å². The van der Waals surface area contributed by atoms with Crippen LogP contribution in [0.15, 0.2) is 54.7 Å². The summed E-state index contributed by atoms with van der Waals surface area (Å²) in [4.78, 5) is 18.1. The third-order valence-electron chi connectivity index (χ3n) is 3.23. The predicted molar refractivity (Wildman–Crippen MR) is 81.3 cm³/mol. The van der Waals surface area contributed by atoms with Gasteiger partial charge in [-0.15, -0.1) is 0 Å². The van der Waals surface area contributed by atoms with Crippen molar-refractivity contribution in [2.75, 3.05) is 6.54 Å². The summed E-state index contributed by atoms with van der Waals surface area (Å²) in [5.41, 5.74) is 1.25. The number of pyridine rings is 1. The Hall–Kier alpha value is -2.71. The first kappa shape index (κ1) is 15.7. The second-order valence-electron chi connectivity index (χ2n) is 4.80. The molecule has 1 unspecified atom stereocenters. The van der Waals surface area contributed by atoms with E-state index in [4.69, 9.17) is 5.26 Å². The lowest BCUT2D eigenvalue weighted by Crippen LogP contribution is -2.35. The minimum atomic E-state index is -1.23. The van der Waals surface area contributed by atoms with Gasteiger partial charge in [0.05, 0.1) is 24.7 Å². The predicted octanol–water partition coefficient (Wildman–Crippen LogP) is 2.06. The third kappa shape index (κ3) is 4.14. The third-order valence-corrected chi connectivity index (χ3v) is 3.23. The lowest BCUT2D eigenvalue weighted by molar-refractivity contribution is -0.141. The van der Waals surface area contributed by atoms with E-state index in [1.165, 1.54) is 4.90 Å². The number of carbonyl (C=O) groups is 1. The van der Waals surface area contributed by atoms with Crippen LogP contribution in [0.1, 0.15) is 23.8 Å². The zero-order valence-corrected chi connectivity index (χ0v) is 12.1. The van der Waals surface area contributed by atoms with Crippen LogP contribution < -0.4 is 0 Å². The molecule has 2 rings (SSSR count). The maximum atomic E-state index is 12.5. The van der Waals surface area contributed by atoms with Crippen molar-refractivity contribution in [3.8, 4) is 6.07 Å². The SMILES string of the molecule is N#CCCN(Cc1ccccn1)C(=O)C(O)c1ccccc1. The minimum Gasteiger partial charge on any atom is -0.378 e. The van der Waals surface area contributed by atoms with Gasteiger partial charge in [0, 0.05) is 12.7 Å². The molecule has 2 aromatic rings. The van der Waals surface area contributed by atoms with Gasteiger partial charge in [-0.1, -0.05) is 36.4 Å². The molecule has 0 aliphatic carbocycles. The molecule has 0 fully saturated rings. The number of nitriles is 1. The minimum absolute atomic E-state index is 0.208. The molecule has 0 saturated heterocycles. The summed E-state index contributed by atoms with van der Waals surface area (Å²) >= 11 is 0. The maximum Gasteiger partial charge on any atom is 0.256 e. The van der Waals surface area contributed by atoms with Crippen LogP contribution in [0.5, 0.6) is 0 Å². The van der Waals surface area contributed by atoms with E-state index in [1.54, 1.807) is 36.5 Å². The highest BCUT2D eigenvalue weighted by Gasteiger charge is 2.23. The van der Waals surface area contributed by atoms with Crippen molar-refractivity contribution in [2.24, 2.45) is 0 Å². The summed E-state index contributed by atoms with van der Waals surface area (Å²) in [6, 6.07) is 16.2. The monoisotopic (exact) mass is 295 g/mol. The largest absolute Gasteiger partial charge is 0.378 e. The van der Waals surface area contributed by atoms with Crippen molar-refractivity contribution in [3.63, 3.8) is 0 Å². The molecule has 1 N–H and O–H groups in total. The van der Waals surface area contributed by atoms with Crippen molar-refractivity contribution in [3.05, 3.63) is 66.0 Å². The van der Waals surface area contributed by atoms with Crippen molar-refractivity contribution in [1.82, 2.24) is 9.88 Å². The molecule has 0 spiro atoms. The van der Waals surface area contributed by atoms with E-state index in [-0.39, 0.29) is 19.5 Å². The fraction of sp³-hybridized carbons (Fsp3) is 0.235. The second-order valence-corrected chi connectivity index (χ2v) is 4.80. The topological polar surface area (TPSA) is 77.2 Å². The number of aromatic nitrogens is 1. The summed E-state index contributed by atoms with van der Waals surface area (Å²) in [5.74, 6) is -0.424. The van der Waals surface area contributed by atoms with E-state index >= 15 is 0 Å². The Balaban J connectivity index is 2.14. The molecule has 22 heavy (non-hydrogen) atoms. The van der Waals surface area contributed by atoms with Crippen LogP contribution in [0.25, 0.3) is 0 Å². The van der Waals surface area contributed by atoms with E-state index in [2.05, 4.69) is 4.98 Å². The van der Waals surface area contributed by atoms with Gasteiger partial charge in [0.15, 0.2) is 6.10 Å². The van der Waals surface area contributed by atoms with Gasteiger partial charge in [-0.25, -0.2) is 0 Å². The molecule has 5 nitrogen and oxygen atoms in total. The smallest absolute Gasteiger partial charge is 0.256 e. The van der Waals surface area contributed by atoms with Crippen molar-refractivity contribution >= 4 is 5.91 Å². The van der Waals surface area contributed by atoms with Gasteiger partial charge < -0.3 is 10.0 Å². The Labute approximate surface area is 129 Å². The Kier molecular flexibility index (Phi) is 5.64. The highest BCUT2D eigenvalue weighted by atomic mass is 16.3. The first-order valence-corrected chi connectivity index (χ1v) is 7.01. The van der Waals surface area contributed by atoms with Gasteiger partial charge in [0.2, 0.25) is 0 Å². The Morgan fingerprint density at radius 3 is 2.59 bits per heavy atom. The molecule has 1 aromatic carbocycles. The molecule has 0 saturated carbocycles. The first-order chi connectivity index (χ1) is 10.7. The number of aliphatic hydroxyl groups is 1. The average Bonchev–Trinajstić information content (AvgIpc) is 2.59. The van der Waals surface area contributed by atoms with Gasteiger partial charge in [0.1, 0.15) is 0 Å². The molecular formula is C17H17N3O2. The van der Waals surface area contributed by atoms with E-state index in [0.29, 0.717) is 11.3 Å². The van der Waals surface area contributed by atoms with Crippen molar-refractivity contribution in [2.45, 2.75) is 19.1 Å². The molecule has 1 heterocycles. The average molecular weight is 295 g/mol. The molecule has 1 atom stereocenters. The molecule has 1 aromatic heterocycles. The zero-order valence-electron chi connectivity index (χ0n) is 12.1. The van der Waals surface area contributed by atoms with Crippen molar-refractivity contribution < 1.29 is 9.90 Å². The van der Waals surface area contributed by atoms with Crippen molar-refractivity contribution in [1.29, 1.82) is 5.26 Å². The van der Waals surface area contributed by atoms with E-state index < -0.39 is 12.0 Å². The standard InChI is InChI=1S/C17H17N3O2/c18-10-6-12-20(13-15-9-4-5-11-19-15)17(22)16(21)14-7-2-1-3-8-14/h1-5,7-9,11,16,21H,6,12-13H2. The first-order valence-electron chi connectivity index (χ1n) is 7.01. The number of rotatable bonds is 6. The Morgan fingerprint density at radius 1 is 1.23 bits per heavy atom. The lowest BCUT2D eigenvalue weighted by Gasteiger charge is -2.24. The number of hydrogen-bond donors (Lipinski definition) is 1. The van der Waals surface area contributed by atoms with E-state index in [9.17, 15) is 9.90 Å². The number of nitrogens with zero attached hydrogens (tertiary/aromatic N) is 3.